The Labute approximate surface area is 190 Å². The first-order valence-corrected chi connectivity index (χ1v) is 12.6. The largest absolute Gasteiger partial charge is 0.393 e. The number of nitrogens with zero attached hydrogens (tertiary/aromatic N) is 4. The third-order valence-electron chi connectivity index (χ3n) is 5.79. The minimum Gasteiger partial charge on any atom is -0.393 e. The summed E-state index contributed by atoms with van der Waals surface area (Å²) in [6.45, 7) is -1.15. The number of anilines is 1. The highest BCUT2D eigenvalue weighted by molar-refractivity contribution is 7.52. The van der Waals surface area contributed by atoms with E-state index in [0.29, 0.717) is 30.3 Å². The molecule has 3 heterocycles. The van der Waals surface area contributed by atoms with Gasteiger partial charge in [0, 0.05) is 6.04 Å². The zero-order valence-electron chi connectivity index (χ0n) is 18.0. The van der Waals surface area contributed by atoms with E-state index in [1.807, 2.05) is 0 Å². The van der Waals surface area contributed by atoms with Gasteiger partial charge in [0.15, 0.2) is 17.7 Å². The van der Waals surface area contributed by atoms with Gasteiger partial charge in [-0.05, 0) is 31.6 Å². The summed E-state index contributed by atoms with van der Waals surface area (Å²) < 4.78 is 24.2. The van der Waals surface area contributed by atoms with Crippen LogP contribution >= 0.6 is 7.60 Å². The molecule has 2 aromatic rings. The molecule has 1 saturated carbocycles. The van der Waals surface area contributed by atoms with Crippen molar-refractivity contribution >= 4 is 24.4 Å². The smallest absolute Gasteiger partial charge is 0.356 e. The van der Waals surface area contributed by atoms with Gasteiger partial charge in [0.1, 0.15) is 12.4 Å². The molecule has 4 rings (SSSR count). The number of fused-ring (bicyclic) bond motifs is 1. The van der Waals surface area contributed by atoms with Crippen molar-refractivity contribution in [2.75, 3.05) is 25.1 Å². The molecule has 2 aromatic heterocycles. The first kappa shape index (κ1) is 24.0. The third-order valence-corrected chi connectivity index (χ3v) is 6.86. The molecule has 2 fully saturated rings. The quantitative estimate of drug-likeness (QED) is 0.266. The van der Waals surface area contributed by atoms with Gasteiger partial charge >= 0.3 is 7.60 Å². The standard InChI is InChI=1S/C20H28N5O7P/c26-9-3-6-16-23-19(22-13-4-1-2-5-13)15-10-21-25(20(15)24-16)17-8-7-14(32-17)12-31-18(11-27)33(28,29)30/h10,13-14,17-18,26-27H,1-2,4-5,7-9,11-12H2,(H,22,23,24)(H2,28,29,30). The lowest BCUT2D eigenvalue weighted by atomic mass is 10.2. The van der Waals surface area contributed by atoms with Crippen molar-refractivity contribution in [2.45, 2.75) is 62.7 Å². The number of aliphatic hydroxyl groups is 2. The maximum atomic E-state index is 11.3. The van der Waals surface area contributed by atoms with Crippen LogP contribution in [0.25, 0.3) is 11.0 Å². The van der Waals surface area contributed by atoms with Crippen molar-refractivity contribution < 1.29 is 34.0 Å². The topological polar surface area (TPSA) is 172 Å². The SMILES string of the molecule is O=P(O)(O)C(CO)OCC1CCC(n2ncc3c(NC4CCCC4)nc(C#CCO)nc32)O1. The van der Waals surface area contributed by atoms with E-state index >= 15 is 0 Å². The van der Waals surface area contributed by atoms with Gasteiger partial charge in [-0.2, -0.15) is 5.10 Å². The third kappa shape index (κ3) is 5.70. The molecule has 0 amide bonds. The van der Waals surface area contributed by atoms with Crippen LogP contribution < -0.4 is 5.32 Å². The molecular weight excluding hydrogens is 453 g/mol. The zero-order valence-corrected chi connectivity index (χ0v) is 18.9. The highest BCUT2D eigenvalue weighted by atomic mass is 31.2. The van der Waals surface area contributed by atoms with Crippen LogP contribution in [0.15, 0.2) is 6.20 Å². The van der Waals surface area contributed by atoms with Gasteiger partial charge in [-0.15, -0.1) is 0 Å². The van der Waals surface area contributed by atoms with Crippen LogP contribution in [0, 0.1) is 11.8 Å². The van der Waals surface area contributed by atoms with Crippen molar-refractivity contribution in [3.05, 3.63) is 12.0 Å². The minimum absolute atomic E-state index is 0.0667. The van der Waals surface area contributed by atoms with Crippen LogP contribution in [0.3, 0.4) is 0 Å². The second-order valence-electron chi connectivity index (χ2n) is 8.16. The predicted molar refractivity (Wildman–Crippen MR) is 117 cm³/mol. The Hall–Kier alpha value is -2.10. The first-order chi connectivity index (χ1) is 15.9. The lowest BCUT2D eigenvalue weighted by Gasteiger charge is -2.20. The van der Waals surface area contributed by atoms with Crippen LogP contribution in [-0.4, -0.2) is 77.6 Å². The van der Waals surface area contributed by atoms with Crippen molar-refractivity contribution in [2.24, 2.45) is 0 Å². The Morgan fingerprint density at radius 2 is 2.03 bits per heavy atom. The van der Waals surface area contributed by atoms with E-state index < -0.39 is 32.4 Å². The maximum absolute atomic E-state index is 11.3. The summed E-state index contributed by atoms with van der Waals surface area (Å²) in [5.41, 5.74) is 0.544. The Morgan fingerprint density at radius 3 is 2.73 bits per heavy atom. The lowest BCUT2D eigenvalue weighted by molar-refractivity contribution is -0.0592. The molecule has 3 atom stereocenters. The summed E-state index contributed by atoms with van der Waals surface area (Å²) in [6.07, 6.45) is 6.45. The van der Waals surface area contributed by atoms with Crippen LogP contribution in [0.2, 0.25) is 0 Å². The fraction of sp³-hybridized carbons (Fsp3) is 0.650. The highest BCUT2D eigenvalue weighted by Gasteiger charge is 2.33. The molecule has 0 spiro atoms. The molecule has 0 radical (unpaired) electrons. The van der Waals surface area contributed by atoms with Crippen molar-refractivity contribution in [1.29, 1.82) is 0 Å². The van der Waals surface area contributed by atoms with Crippen LogP contribution in [0.4, 0.5) is 5.82 Å². The number of nitrogens with one attached hydrogen (secondary N) is 1. The molecule has 0 bridgehead atoms. The summed E-state index contributed by atoms with van der Waals surface area (Å²) in [6, 6.07) is 0.322. The molecule has 12 nitrogen and oxygen atoms in total. The molecule has 1 aliphatic heterocycles. The Balaban J connectivity index is 1.53. The van der Waals surface area contributed by atoms with Crippen molar-refractivity contribution in [3.63, 3.8) is 0 Å². The van der Waals surface area contributed by atoms with Gasteiger partial charge in [0.25, 0.3) is 0 Å². The Kier molecular flexibility index (Phi) is 7.61. The summed E-state index contributed by atoms with van der Waals surface area (Å²) >= 11 is 0. The summed E-state index contributed by atoms with van der Waals surface area (Å²) in [7, 11) is -4.56. The van der Waals surface area contributed by atoms with Gasteiger partial charge in [0.05, 0.1) is 30.9 Å². The fourth-order valence-electron chi connectivity index (χ4n) is 4.15. The van der Waals surface area contributed by atoms with Gasteiger partial charge in [-0.1, -0.05) is 18.8 Å². The fourth-order valence-corrected chi connectivity index (χ4v) is 4.64. The van der Waals surface area contributed by atoms with E-state index in [-0.39, 0.29) is 19.0 Å². The average Bonchev–Trinajstić information content (AvgIpc) is 3.52. The number of rotatable bonds is 8. The molecular formula is C20H28N5O7P. The summed E-state index contributed by atoms with van der Waals surface area (Å²) in [5, 5.41) is 26.9. The molecule has 0 aromatic carbocycles. The Bertz CT molecular complexity index is 1070. The normalized spacial score (nSPS) is 22.4. The van der Waals surface area contributed by atoms with Crippen LogP contribution in [-0.2, 0) is 14.0 Å². The molecule has 1 aliphatic carbocycles. The highest BCUT2D eigenvalue weighted by Crippen LogP contribution is 2.42. The maximum Gasteiger partial charge on any atom is 0.356 e. The van der Waals surface area contributed by atoms with Crippen molar-refractivity contribution in [1.82, 2.24) is 19.7 Å². The van der Waals surface area contributed by atoms with Crippen LogP contribution in [0.1, 0.15) is 50.6 Å². The Morgan fingerprint density at radius 1 is 1.24 bits per heavy atom. The van der Waals surface area contributed by atoms with E-state index in [4.69, 9.17) is 19.7 Å². The predicted octanol–water partition coefficient (Wildman–Crippen LogP) is 0.715. The van der Waals surface area contributed by atoms with E-state index in [0.717, 1.165) is 18.2 Å². The number of aliphatic hydroxyl groups excluding tert-OH is 2. The molecule has 5 N–H and O–H groups in total. The molecule has 3 unspecified atom stereocenters. The number of aromatic nitrogens is 4. The van der Waals surface area contributed by atoms with E-state index in [2.05, 4.69) is 32.2 Å². The number of hydrogen-bond acceptors (Lipinski definition) is 9. The van der Waals surface area contributed by atoms with Gasteiger partial charge in [-0.3, -0.25) is 4.57 Å². The summed E-state index contributed by atoms with van der Waals surface area (Å²) in [4.78, 5) is 27.5. The van der Waals surface area contributed by atoms with Gasteiger partial charge < -0.3 is 34.8 Å². The minimum atomic E-state index is -4.56. The van der Waals surface area contributed by atoms with Gasteiger partial charge in [-0.25, -0.2) is 14.6 Å². The zero-order chi connectivity index (χ0) is 23.4. The van der Waals surface area contributed by atoms with E-state index in [1.165, 1.54) is 12.8 Å². The summed E-state index contributed by atoms with van der Waals surface area (Å²) in [5.74, 6) is 4.67. The number of ether oxygens (including phenoxy) is 2. The second kappa shape index (κ2) is 10.4. The first-order valence-electron chi connectivity index (χ1n) is 10.9. The molecule has 2 aliphatic rings. The van der Waals surface area contributed by atoms with Gasteiger partial charge in [0.2, 0.25) is 5.82 Å². The monoisotopic (exact) mass is 481 g/mol. The molecule has 180 valence electrons. The van der Waals surface area contributed by atoms with Crippen LogP contribution in [0.5, 0.6) is 0 Å². The second-order valence-corrected chi connectivity index (χ2v) is 9.91. The lowest BCUT2D eigenvalue weighted by Crippen LogP contribution is -2.24. The van der Waals surface area contributed by atoms with Crippen molar-refractivity contribution in [3.8, 4) is 11.8 Å². The average molecular weight is 481 g/mol. The molecule has 1 saturated heterocycles. The molecule has 33 heavy (non-hydrogen) atoms. The van der Waals surface area contributed by atoms with E-state index in [1.54, 1.807) is 10.9 Å². The number of hydrogen-bond donors (Lipinski definition) is 5. The molecule has 13 heteroatoms. The van der Waals surface area contributed by atoms with E-state index in [9.17, 15) is 14.4 Å².